The lowest BCUT2D eigenvalue weighted by Gasteiger charge is -2.19. The molecule has 6 heteroatoms. The highest BCUT2D eigenvalue weighted by molar-refractivity contribution is 7.89. The van der Waals surface area contributed by atoms with Crippen molar-refractivity contribution in [3.8, 4) is 0 Å². The molecule has 1 aliphatic rings. The fourth-order valence-corrected chi connectivity index (χ4v) is 3.59. The summed E-state index contributed by atoms with van der Waals surface area (Å²) in [5.41, 5.74) is 1.06. The molecule has 0 bridgehead atoms. The number of carbonyl (C=O) groups is 1. The van der Waals surface area contributed by atoms with Gasteiger partial charge in [-0.1, -0.05) is 32.9 Å². The quantitative estimate of drug-likeness (QED) is 0.920. The summed E-state index contributed by atoms with van der Waals surface area (Å²) in [4.78, 5) is 13.2. The van der Waals surface area contributed by atoms with Gasteiger partial charge in [-0.2, -0.15) is 0 Å². The zero-order valence-corrected chi connectivity index (χ0v) is 13.7. The van der Waals surface area contributed by atoms with Crippen LogP contribution in [-0.4, -0.2) is 38.9 Å². The number of nitrogens with one attached hydrogen (secondary N) is 1. The van der Waals surface area contributed by atoms with E-state index in [2.05, 4.69) is 25.5 Å². The molecule has 2 rings (SSSR count). The summed E-state index contributed by atoms with van der Waals surface area (Å²) >= 11 is 0. The minimum absolute atomic E-state index is 0.0176. The van der Waals surface area contributed by atoms with Gasteiger partial charge >= 0.3 is 0 Å². The highest BCUT2D eigenvalue weighted by atomic mass is 32.2. The van der Waals surface area contributed by atoms with Crippen LogP contribution in [0, 0.1) is 0 Å². The van der Waals surface area contributed by atoms with Crippen LogP contribution in [0.4, 0.5) is 0 Å². The number of sulfonamides is 1. The molecule has 0 radical (unpaired) electrons. The average Bonchev–Trinajstić information content (AvgIpc) is 2.66. The second-order valence-corrected chi connectivity index (χ2v) is 8.28. The summed E-state index contributed by atoms with van der Waals surface area (Å²) in [6.45, 7) is 6.65. The van der Waals surface area contributed by atoms with E-state index >= 15 is 0 Å². The van der Waals surface area contributed by atoms with Gasteiger partial charge in [0.1, 0.15) is 0 Å². The third-order valence-corrected chi connectivity index (χ3v) is 5.23. The van der Waals surface area contributed by atoms with Crippen molar-refractivity contribution < 1.29 is 13.2 Å². The van der Waals surface area contributed by atoms with Crippen LogP contribution in [-0.2, 0) is 20.2 Å². The first kappa shape index (κ1) is 16.0. The molecule has 1 heterocycles. The van der Waals surface area contributed by atoms with Crippen LogP contribution < -0.4 is 4.72 Å². The van der Waals surface area contributed by atoms with Gasteiger partial charge in [-0.3, -0.25) is 4.79 Å². The number of carbonyl (C=O) groups excluding carboxylic acids is 1. The van der Waals surface area contributed by atoms with Gasteiger partial charge in [0.2, 0.25) is 15.9 Å². The third-order valence-electron chi connectivity index (χ3n) is 3.69. The van der Waals surface area contributed by atoms with Crippen molar-refractivity contribution in [2.24, 2.45) is 0 Å². The molecule has 1 N–H and O–H groups in total. The Morgan fingerprint density at radius 3 is 2.19 bits per heavy atom. The lowest BCUT2D eigenvalue weighted by Crippen LogP contribution is -2.36. The molecule has 0 saturated carbocycles. The molecule has 1 saturated heterocycles. The van der Waals surface area contributed by atoms with Crippen LogP contribution in [0.1, 0.15) is 32.8 Å². The van der Waals surface area contributed by atoms with E-state index in [1.165, 1.54) is 4.90 Å². The monoisotopic (exact) mass is 310 g/mol. The molecule has 1 aliphatic heterocycles. The lowest BCUT2D eigenvalue weighted by atomic mass is 9.87. The predicted octanol–water partition coefficient (Wildman–Crippen LogP) is 1.49. The Hall–Kier alpha value is -1.40. The molecule has 0 spiro atoms. The second-order valence-electron chi connectivity index (χ2n) is 6.57. The first-order valence-electron chi connectivity index (χ1n) is 6.96. The van der Waals surface area contributed by atoms with E-state index in [9.17, 15) is 13.2 Å². The molecule has 116 valence electrons. The van der Waals surface area contributed by atoms with E-state index in [-0.39, 0.29) is 28.7 Å². The van der Waals surface area contributed by atoms with Crippen molar-refractivity contribution in [3.63, 3.8) is 0 Å². The molecule has 5 nitrogen and oxygen atoms in total. The maximum atomic E-state index is 12.3. The van der Waals surface area contributed by atoms with Gasteiger partial charge in [-0.15, -0.1) is 0 Å². The van der Waals surface area contributed by atoms with E-state index < -0.39 is 10.0 Å². The van der Waals surface area contributed by atoms with Crippen LogP contribution in [0.25, 0.3) is 0 Å². The van der Waals surface area contributed by atoms with Gasteiger partial charge in [0.15, 0.2) is 0 Å². The number of hydrogen-bond donors (Lipinski definition) is 1. The van der Waals surface area contributed by atoms with E-state index in [0.717, 1.165) is 5.56 Å². The molecule has 0 aliphatic carbocycles. The first-order chi connectivity index (χ1) is 9.59. The van der Waals surface area contributed by atoms with Gasteiger partial charge in [0.05, 0.1) is 4.90 Å². The standard InChI is InChI=1S/C15H22N2O3S/c1-15(2,3)11-5-7-13(8-6-11)21(19,20)16-12-9-14(18)17(4)10-12/h5-8,12,16H,9-10H2,1-4H3. The molecule has 1 unspecified atom stereocenters. The largest absolute Gasteiger partial charge is 0.344 e. The first-order valence-corrected chi connectivity index (χ1v) is 8.45. The minimum atomic E-state index is -3.58. The number of hydrogen-bond acceptors (Lipinski definition) is 3. The predicted molar refractivity (Wildman–Crippen MR) is 81.5 cm³/mol. The van der Waals surface area contributed by atoms with Crippen molar-refractivity contribution in [2.75, 3.05) is 13.6 Å². The van der Waals surface area contributed by atoms with Gasteiger partial charge in [-0.05, 0) is 23.1 Å². The van der Waals surface area contributed by atoms with Crippen molar-refractivity contribution >= 4 is 15.9 Å². The third kappa shape index (κ3) is 3.63. The van der Waals surface area contributed by atoms with Crippen LogP contribution in [0.2, 0.25) is 0 Å². The number of amides is 1. The highest BCUT2D eigenvalue weighted by Gasteiger charge is 2.30. The van der Waals surface area contributed by atoms with Crippen molar-refractivity contribution in [1.82, 2.24) is 9.62 Å². The van der Waals surface area contributed by atoms with Crippen molar-refractivity contribution in [2.45, 2.75) is 43.5 Å². The fourth-order valence-electron chi connectivity index (χ4n) is 2.36. The zero-order valence-electron chi connectivity index (χ0n) is 12.9. The number of rotatable bonds is 3. The second kappa shape index (κ2) is 5.42. The number of likely N-dealkylation sites (N-methyl/N-ethyl adjacent to an activating group) is 1. The molecule has 1 atom stereocenters. The molecule has 1 aromatic rings. The smallest absolute Gasteiger partial charge is 0.240 e. The average molecular weight is 310 g/mol. The molecule has 1 amide bonds. The maximum absolute atomic E-state index is 12.3. The molecule has 1 fully saturated rings. The molecule has 1 aromatic carbocycles. The summed E-state index contributed by atoms with van der Waals surface area (Å²) < 4.78 is 27.2. The summed E-state index contributed by atoms with van der Waals surface area (Å²) in [7, 11) is -1.91. The SMILES string of the molecule is CN1CC(NS(=O)(=O)c2ccc(C(C)(C)C)cc2)CC1=O. The number of nitrogens with zero attached hydrogens (tertiary/aromatic N) is 1. The lowest BCUT2D eigenvalue weighted by molar-refractivity contribution is -0.126. The minimum Gasteiger partial charge on any atom is -0.344 e. The highest BCUT2D eigenvalue weighted by Crippen LogP contribution is 2.23. The summed E-state index contributed by atoms with van der Waals surface area (Å²) in [5, 5.41) is 0. The van der Waals surface area contributed by atoms with E-state index in [1.807, 2.05) is 12.1 Å². The Kier molecular flexibility index (Phi) is 4.13. The zero-order chi connectivity index (χ0) is 15.8. The Bertz CT molecular complexity index is 630. The van der Waals surface area contributed by atoms with E-state index in [0.29, 0.717) is 6.54 Å². The molecular weight excluding hydrogens is 288 g/mol. The van der Waals surface area contributed by atoms with Gasteiger partial charge in [-0.25, -0.2) is 13.1 Å². The van der Waals surface area contributed by atoms with Crippen molar-refractivity contribution in [1.29, 1.82) is 0 Å². The normalized spacial score (nSPS) is 20.1. The molecule has 0 aromatic heterocycles. The van der Waals surface area contributed by atoms with Crippen LogP contribution >= 0.6 is 0 Å². The maximum Gasteiger partial charge on any atom is 0.240 e. The fraction of sp³-hybridized carbons (Fsp3) is 0.533. The summed E-state index contributed by atoms with van der Waals surface area (Å²) in [6.07, 6.45) is 0.218. The van der Waals surface area contributed by atoms with Gasteiger partial charge in [0.25, 0.3) is 0 Å². The number of likely N-dealkylation sites (tertiary alicyclic amines) is 1. The van der Waals surface area contributed by atoms with Gasteiger partial charge in [0, 0.05) is 26.1 Å². The van der Waals surface area contributed by atoms with E-state index in [1.54, 1.807) is 19.2 Å². The van der Waals surface area contributed by atoms with Crippen LogP contribution in [0.5, 0.6) is 0 Å². The van der Waals surface area contributed by atoms with Crippen LogP contribution in [0.3, 0.4) is 0 Å². The van der Waals surface area contributed by atoms with Gasteiger partial charge < -0.3 is 4.90 Å². The Balaban J connectivity index is 2.15. The number of benzene rings is 1. The Morgan fingerprint density at radius 1 is 1.19 bits per heavy atom. The Labute approximate surface area is 126 Å². The van der Waals surface area contributed by atoms with Crippen LogP contribution in [0.15, 0.2) is 29.2 Å². The molecular formula is C15H22N2O3S. The summed E-state index contributed by atoms with van der Waals surface area (Å²) in [5.74, 6) is -0.0363. The van der Waals surface area contributed by atoms with E-state index in [4.69, 9.17) is 0 Å². The summed E-state index contributed by atoms with van der Waals surface area (Å²) in [6, 6.07) is 6.54. The Morgan fingerprint density at radius 2 is 1.76 bits per heavy atom. The van der Waals surface area contributed by atoms with Crippen molar-refractivity contribution in [3.05, 3.63) is 29.8 Å². The molecule has 21 heavy (non-hydrogen) atoms. The topological polar surface area (TPSA) is 66.5 Å².